The summed E-state index contributed by atoms with van der Waals surface area (Å²) >= 11 is 0. The molecule has 104 valence electrons. The summed E-state index contributed by atoms with van der Waals surface area (Å²) in [6, 6.07) is 10.3. The van der Waals surface area contributed by atoms with E-state index in [4.69, 9.17) is 0 Å². The van der Waals surface area contributed by atoms with E-state index in [1.165, 1.54) is 6.07 Å². The standard InChI is InChI=1S/C16H10F2N2O/c17-13-5-2-6-14(18)15(13)20-16(21)11-4-1-3-10-7-8-19-9-12(10)11/h1-9H,(H,20,21). The van der Waals surface area contributed by atoms with E-state index in [0.29, 0.717) is 10.9 Å². The fourth-order valence-electron chi connectivity index (χ4n) is 2.11. The van der Waals surface area contributed by atoms with Gasteiger partial charge in [0.2, 0.25) is 0 Å². The van der Waals surface area contributed by atoms with Crippen LogP contribution in [0.2, 0.25) is 0 Å². The Hall–Kier alpha value is -2.82. The van der Waals surface area contributed by atoms with Crippen LogP contribution in [-0.2, 0) is 0 Å². The third kappa shape index (κ3) is 2.45. The van der Waals surface area contributed by atoms with Gasteiger partial charge in [0.05, 0.1) is 0 Å². The van der Waals surface area contributed by atoms with Gasteiger partial charge in [0, 0.05) is 23.3 Å². The van der Waals surface area contributed by atoms with E-state index in [9.17, 15) is 13.6 Å². The van der Waals surface area contributed by atoms with Crippen LogP contribution in [0.4, 0.5) is 14.5 Å². The summed E-state index contributed by atoms with van der Waals surface area (Å²) in [6.07, 6.45) is 3.16. The second-order valence-electron chi connectivity index (χ2n) is 4.45. The van der Waals surface area contributed by atoms with E-state index in [1.807, 2.05) is 6.07 Å². The van der Waals surface area contributed by atoms with Crippen LogP contribution in [0.15, 0.2) is 54.9 Å². The van der Waals surface area contributed by atoms with E-state index in [1.54, 1.807) is 30.6 Å². The minimum atomic E-state index is -0.818. The highest BCUT2D eigenvalue weighted by molar-refractivity contribution is 6.12. The van der Waals surface area contributed by atoms with Crippen molar-refractivity contribution in [3.05, 3.63) is 72.1 Å². The van der Waals surface area contributed by atoms with Crippen molar-refractivity contribution in [2.45, 2.75) is 0 Å². The second-order valence-corrected chi connectivity index (χ2v) is 4.45. The predicted molar refractivity (Wildman–Crippen MR) is 76.1 cm³/mol. The van der Waals surface area contributed by atoms with Gasteiger partial charge < -0.3 is 5.32 Å². The van der Waals surface area contributed by atoms with Gasteiger partial charge in [0.25, 0.3) is 5.91 Å². The molecule has 0 unspecified atom stereocenters. The van der Waals surface area contributed by atoms with Crippen LogP contribution in [0.3, 0.4) is 0 Å². The number of fused-ring (bicyclic) bond motifs is 1. The van der Waals surface area contributed by atoms with Crippen LogP contribution in [0.25, 0.3) is 10.8 Å². The number of rotatable bonds is 2. The molecule has 0 bridgehead atoms. The van der Waals surface area contributed by atoms with E-state index in [-0.39, 0.29) is 0 Å². The van der Waals surface area contributed by atoms with Crippen LogP contribution in [0, 0.1) is 11.6 Å². The Morgan fingerprint density at radius 2 is 1.71 bits per heavy atom. The number of aromatic nitrogens is 1. The molecule has 0 atom stereocenters. The first kappa shape index (κ1) is 13.2. The normalized spacial score (nSPS) is 10.6. The van der Waals surface area contributed by atoms with Crippen LogP contribution in [0.5, 0.6) is 0 Å². The fourth-order valence-corrected chi connectivity index (χ4v) is 2.11. The number of nitrogens with one attached hydrogen (secondary N) is 1. The molecule has 0 aliphatic heterocycles. The number of amides is 1. The van der Waals surface area contributed by atoms with Gasteiger partial charge in [-0.2, -0.15) is 0 Å². The zero-order valence-corrected chi connectivity index (χ0v) is 10.8. The molecule has 0 aliphatic rings. The summed E-state index contributed by atoms with van der Waals surface area (Å²) in [5, 5.41) is 3.72. The van der Waals surface area contributed by atoms with Crippen molar-refractivity contribution in [3.63, 3.8) is 0 Å². The van der Waals surface area contributed by atoms with Gasteiger partial charge in [-0.15, -0.1) is 0 Å². The predicted octanol–water partition coefficient (Wildman–Crippen LogP) is 3.77. The molecule has 3 rings (SSSR count). The Kier molecular flexibility index (Phi) is 3.31. The first-order chi connectivity index (χ1) is 10.2. The van der Waals surface area contributed by atoms with Gasteiger partial charge in [0.15, 0.2) is 0 Å². The monoisotopic (exact) mass is 284 g/mol. The van der Waals surface area contributed by atoms with E-state index >= 15 is 0 Å². The van der Waals surface area contributed by atoms with Crippen LogP contribution < -0.4 is 5.32 Å². The summed E-state index contributed by atoms with van der Waals surface area (Å²) in [7, 11) is 0. The average molecular weight is 284 g/mol. The Balaban J connectivity index is 2.02. The van der Waals surface area contributed by atoms with Gasteiger partial charge >= 0.3 is 0 Å². The molecule has 2 aromatic carbocycles. The van der Waals surface area contributed by atoms with Crippen LogP contribution in [-0.4, -0.2) is 10.9 Å². The van der Waals surface area contributed by atoms with Crippen LogP contribution >= 0.6 is 0 Å². The van der Waals surface area contributed by atoms with Gasteiger partial charge in [-0.05, 0) is 29.7 Å². The number of hydrogen-bond acceptors (Lipinski definition) is 2. The molecule has 1 heterocycles. The second kappa shape index (κ2) is 5.28. The topological polar surface area (TPSA) is 42.0 Å². The summed E-state index contributed by atoms with van der Waals surface area (Å²) in [5.41, 5.74) is -0.147. The summed E-state index contributed by atoms with van der Waals surface area (Å²) in [4.78, 5) is 16.2. The smallest absolute Gasteiger partial charge is 0.256 e. The van der Waals surface area contributed by atoms with Crippen molar-refractivity contribution in [2.24, 2.45) is 0 Å². The molecule has 0 saturated carbocycles. The Morgan fingerprint density at radius 3 is 2.48 bits per heavy atom. The molecule has 21 heavy (non-hydrogen) atoms. The third-order valence-electron chi connectivity index (χ3n) is 3.13. The van der Waals surface area contributed by atoms with E-state index < -0.39 is 23.2 Å². The van der Waals surface area contributed by atoms with Gasteiger partial charge in [-0.1, -0.05) is 18.2 Å². The van der Waals surface area contributed by atoms with Crippen molar-refractivity contribution >= 4 is 22.4 Å². The SMILES string of the molecule is O=C(Nc1c(F)cccc1F)c1cccc2ccncc12. The molecular weight excluding hydrogens is 274 g/mol. The molecule has 1 amide bonds. The zero-order chi connectivity index (χ0) is 14.8. The van der Waals surface area contributed by atoms with Crippen molar-refractivity contribution in [1.82, 2.24) is 4.98 Å². The number of pyridine rings is 1. The van der Waals surface area contributed by atoms with Crippen molar-refractivity contribution in [3.8, 4) is 0 Å². The molecule has 0 radical (unpaired) electrons. The lowest BCUT2D eigenvalue weighted by Crippen LogP contribution is -2.14. The molecule has 3 aromatic rings. The number of carbonyl (C=O) groups is 1. The highest BCUT2D eigenvalue weighted by atomic mass is 19.1. The Labute approximate surface area is 119 Å². The number of hydrogen-bond donors (Lipinski definition) is 1. The van der Waals surface area contributed by atoms with Gasteiger partial charge in [0.1, 0.15) is 17.3 Å². The molecule has 5 heteroatoms. The number of anilines is 1. The minimum Gasteiger partial charge on any atom is -0.317 e. The molecular formula is C16H10F2N2O. The van der Waals surface area contributed by atoms with Gasteiger partial charge in [-0.3, -0.25) is 9.78 Å². The van der Waals surface area contributed by atoms with Crippen LogP contribution in [0.1, 0.15) is 10.4 Å². The first-order valence-corrected chi connectivity index (χ1v) is 6.25. The maximum Gasteiger partial charge on any atom is 0.256 e. The van der Waals surface area contributed by atoms with Crippen molar-refractivity contribution < 1.29 is 13.6 Å². The minimum absolute atomic E-state index is 0.309. The maximum atomic E-state index is 13.6. The van der Waals surface area contributed by atoms with Crippen molar-refractivity contribution in [1.29, 1.82) is 0 Å². The summed E-state index contributed by atoms with van der Waals surface area (Å²) in [5.74, 6) is -2.22. The molecule has 0 fully saturated rings. The number of para-hydroxylation sites is 1. The highest BCUT2D eigenvalue weighted by Crippen LogP contribution is 2.22. The third-order valence-corrected chi connectivity index (χ3v) is 3.13. The summed E-state index contributed by atoms with van der Waals surface area (Å²) < 4.78 is 27.1. The number of nitrogens with zero attached hydrogens (tertiary/aromatic N) is 1. The average Bonchev–Trinajstić information content (AvgIpc) is 2.50. The molecule has 1 N–H and O–H groups in total. The highest BCUT2D eigenvalue weighted by Gasteiger charge is 2.15. The molecule has 0 saturated heterocycles. The maximum absolute atomic E-state index is 13.6. The molecule has 0 aliphatic carbocycles. The van der Waals surface area contributed by atoms with Crippen molar-refractivity contribution in [2.75, 3.05) is 5.32 Å². The Morgan fingerprint density at radius 1 is 1.00 bits per heavy atom. The first-order valence-electron chi connectivity index (χ1n) is 6.25. The lowest BCUT2D eigenvalue weighted by molar-refractivity contribution is 0.102. The van der Waals surface area contributed by atoms with E-state index in [2.05, 4.69) is 10.3 Å². The number of halogens is 2. The molecule has 1 aromatic heterocycles. The number of benzene rings is 2. The fraction of sp³-hybridized carbons (Fsp3) is 0. The quantitative estimate of drug-likeness (QED) is 0.778. The lowest BCUT2D eigenvalue weighted by atomic mass is 10.1. The zero-order valence-electron chi connectivity index (χ0n) is 10.8. The van der Waals surface area contributed by atoms with E-state index in [0.717, 1.165) is 17.5 Å². The Bertz CT molecular complexity index is 808. The van der Waals surface area contributed by atoms with Gasteiger partial charge in [-0.25, -0.2) is 8.78 Å². The lowest BCUT2D eigenvalue weighted by Gasteiger charge is -2.09. The number of carbonyl (C=O) groups excluding carboxylic acids is 1. The summed E-state index contributed by atoms with van der Waals surface area (Å²) in [6.45, 7) is 0. The molecule has 0 spiro atoms. The largest absolute Gasteiger partial charge is 0.317 e. The molecule has 3 nitrogen and oxygen atoms in total.